The van der Waals surface area contributed by atoms with Crippen molar-refractivity contribution in [2.75, 3.05) is 10.0 Å². The third-order valence-electron chi connectivity index (χ3n) is 3.89. The molecule has 0 unspecified atom stereocenters. The fourth-order valence-corrected chi connectivity index (χ4v) is 4.78. The number of aryl methyl sites for hydroxylation is 2. The number of phenols is 1. The number of sulfonamides is 1. The average Bonchev–Trinajstić information content (AvgIpc) is 2.94. The molecule has 1 heterocycles. The molecule has 146 valence electrons. The molecule has 3 N–H and O–H groups in total. The maximum absolute atomic E-state index is 12.6. The Kier molecular flexibility index (Phi) is 5.64. The molecule has 0 aliphatic rings. The second-order valence-corrected chi connectivity index (χ2v) is 9.66. The predicted octanol–water partition coefficient (Wildman–Crippen LogP) is 4.78. The van der Waals surface area contributed by atoms with Gasteiger partial charge in [0.15, 0.2) is 0 Å². The number of rotatable bonds is 5. The van der Waals surface area contributed by atoms with E-state index in [0.717, 1.165) is 9.75 Å². The second-order valence-electron chi connectivity index (χ2n) is 6.08. The number of hydrogen-bond acceptors (Lipinski definition) is 5. The molecular weight excluding hydrogens is 420 g/mol. The Balaban J connectivity index is 1.88. The topological polar surface area (TPSA) is 95.5 Å². The summed E-state index contributed by atoms with van der Waals surface area (Å²) in [6.07, 6.45) is 0. The number of anilines is 2. The van der Waals surface area contributed by atoms with Crippen molar-refractivity contribution in [3.05, 3.63) is 68.9 Å². The van der Waals surface area contributed by atoms with Crippen LogP contribution in [0.5, 0.6) is 5.75 Å². The summed E-state index contributed by atoms with van der Waals surface area (Å²) in [7, 11) is -3.94. The van der Waals surface area contributed by atoms with Gasteiger partial charge in [-0.25, -0.2) is 8.42 Å². The van der Waals surface area contributed by atoms with E-state index in [1.165, 1.54) is 35.6 Å². The lowest BCUT2D eigenvalue weighted by molar-refractivity contribution is 0.102. The van der Waals surface area contributed by atoms with E-state index in [1.807, 2.05) is 13.8 Å². The van der Waals surface area contributed by atoms with Crippen molar-refractivity contribution in [1.82, 2.24) is 0 Å². The molecule has 0 spiro atoms. The van der Waals surface area contributed by atoms with Crippen LogP contribution in [-0.4, -0.2) is 19.4 Å². The molecule has 3 aromatic rings. The standard InChI is InChI=1S/C19H17ClN2O4S2/c1-11-8-16(12(2)27-11)19(24)21-17-10-15(6-7-18(17)23)28(25,26)22-14-5-3-4-13(20)9-14/h3-10,22-23H,1-2H3,(H,21,24). The number of phenolic OH excluding ortho intramolecular Hbond substituents is 1. The zero-order valence-electron chi connectivity index (χ0n) is 15.0. The molecule has 0 saturated heterocycles. The molecule has 6 nitrogen and oxygen atoms in total. The highest BCUT2D eigenvalue weighted by Gasteiger charge is 2.19. The number of amides is 1. The van der Waals surface area contributed by atoms with Gasteiger partial charge in [0.05, 0.1) is 21.8 Å². The molecule has 1 amide bonds. The smallest absolute Gasteiger partial charge is 0.261 e. The zero-order chi connectivity index (χ0) is 20.5. The maximum atomic E-state index is 12.6. The van der Waals surface area contributed by atoms with E-state index in [0.29, 0.717) is 16.3 Å². The summed E-state index contributed by atoms with van der Waals surface area (Å²) >= 11 is 7.36. The van der Waals surface area contributed by atoms with E-state index in [1.54, 1.807) is 24.3 Å². The third-order valence-corrected chi connectivity index (χ3v) is 6.47. The summed E-state index contributed by atoms with van der Waals surface area (Å²) in [4.78, 5) is 14.2. The van der Waals surface area contributed by atoms with Crippen LogP contribution < -0.4 is 10.0 Å². The Bertz CT molecular complexity index is 1160. The van der Waals surface area contributed by atoms with Crippen LogP contribution >= 0.6 is 22.9 Å². The van der Waals surface area contributed by atoms with Crippen molar-refractivity contribution < 1.29 is 18.3 Å². The van der Waals surface area contributed by atoms with Gasteiger partial charge in [-0.2, -0.15) is 0 Å². The first kappa shape index (κ1) is 20.2. The molecule has 0 atom stereocenters. The van der Waals surface area contributed by atoms with Gasteiger partial charge >= 0.3 is 0 Å². The number of nitrogens with one attached hydrogen (secondary N) is 2. The Hall–Kier alpha value is -2.55. The molecule has 0 fully saturated rings. The fourth-order valence-electron chi connectivity index (χ4n) is 2.59. The van der Waals surface area contributed by atoms with Crippen LogP contribution in [0.1, 0.15) is 20.1 Å². The Morgan fingerprint density at radius 1 is 1.11 bits per heavy atom. The van der Waals surface area contributed by atoms with Gasteiger partial charge in [-0.3, -0.25) is 9.52 Å². The number of halogens is 1. The minimum Gasteiger partial charge on any atom is -0.506 e. The number of thiophene rings is 1. The van der Waals surface area contributed by atoms with Gasteiger partial charge < -0.3 is 10.4 Å². The Morgan fingerprint density at radius 2 is 1.86 bits per heavy atom. The number of hydrogen-bond donors (Lipinski definition) is 3. The van der Waals surface area contributed by atoms with Crippen molar-refractivity contribution in [3.63, 3.8) is 0 Å². The molecule has 0 aliphatic heterocycles. The van der Waals surface area contributed by atoms with Gasteiger partial charge in [0.2, 0.25) is 0 Å². The highest BCUT2D eigenvalue weighted by molar-refractivity contribution is 7.92. The van der Waals surface area contributed by atoms with Crippen LogP contribution in [0.15, 0.2) is 53.4 Å². The van der Waals surface area contributed by atoms with E-state index in [9.17, 15) is 18.3 Å². The summed E-state index contributed by atoms with van der Waals surface area (Å²) in [6.45, 7) is 3.71. The number of aromatic hydroxyl groups is 1. The van der Waals surface area contributed by atoms with Gasteiger partial charge in [0.25, 0.3) is 15.9 Å². The molecule has 2 aromatic carbocycles. The number of benzene rings is 2. The zero-order valence-corrected chi connectivity index (χ0v) is 17.4. The average molecular weight is 437 g/mol. The minimum atomic E-state index is -3.94. The van der Waals surface area contributed by atoms with Crippen LogP contribution in [0.2, 0.25) is 5.02 Å². The Labute approximate surface area is 171 Å². The highest BCUT2D eigenvalue weighted by atomic mass is 35.5. The van der Waals surface area contributed by atoms with Crippen LogP contribution in [-0.2, 0) is 10.0 Å². The molecule has 28 heavy (non-hydrogen) atoms. The summed E-state index contributed by atoms with van der Waals surface area (Å²) in [5.74, 6) is -0.658. The first-order chi connectivity index (χ1) is 13.2. The lowest BCUT2D eigenvalue weighted by Gasteiger charge is -2.12. The first-order valence-corrected chi connectivity index (χ1v) is 10.8. The van der Waals surface area contributed by atoms with Gasteiger partial charge in [0, 0.05) is 14.8 Å². The quantitative estimate of drug-likeness (QED) is 0.501. The maximum Gasteiger partial charge on any atom is 0.261 e. The van der Waals surface area contributed by atoms with Crippen molar-refractivity contribution in [1.29, 1.82) is 0 Å². The summed E-state index contributed by atoms with van der Waals surface area (Å²) in [6, 6.07) is 11.7. The molecule has 0 saturated carbocycles. The first-order valence-electron chi connectivity index (χ1n) is 8.15. The van der Waals surface area contributed by atoms with Crippen LogP contribution in [0.3, 0.4) is 0 Å². The number of carbonyl (C=O) groups excluding carboxylic acids is 1. The van der Waals surface area contributed by atoms with E-state index in [2.05, 4.69) is 10.0 Å². The molecule has 0 bridgehead atoms. The summed E-state index contributed by atoms with van der Waals surface area (Å²) < 4.78 is 27.7. The van der Waals surface area contributed by atoms with E-state index < -0.39 is 15.9 Å². The van der Waals surface area contributed by atoms with Gasteiger partial charge in [-0.15, -0.1) is 11.3 Å². The molecule has 0 aliphatic carbocycles. The lowest BCUT2D eigenvalue weighted by Crippen LogP contribution is -2.15. The van der Waals surface area contributed by atoms with Crippen molar-refractivity contribution in [2.24, 2.45) is 0 Å². The second kappa shape index (κ2) is 7.83. The molecule has 9 heteroatoms. The van der Waals surface area contributed by atoms with Gasteiger partial charge in [0.1, 0.15) is 5.75 Å². The van der Waals surface area contributed by atoms with E-state index >= 15 is 0 Å². The third kappa shape index (κ3) is 4.46. The molecule has 0 radical (unpaired) electrons. The van der Waals surface area contributed by atoms with Crippen LogP contribution in [0.25, 0.3) is 0 Å². The molecular formula is C19H17ClN2O4S2. The van der Waals surface area contributed by atoms with Crippen LogP contribution in [0, 0.1) is 13.8 Å². The predicted molar refractivity (Wildman–Crippen MR) is 112 cm³/mol. The van der Waals surface area contributed by atoms with E-state index in [-0.39, 0.29) is 16.3 Å². The number of carbonyl (C=O) groups is 1. The highest BCUT2D eigenvalue weighted by Crippen LogP contribution is 2.29. The molecule has 3 rings (SSSR count). The monoisotopic (exact) mass is 436 g/mol. The van der Waals surface area contributed by atoms with Crippen molar-refractivity contribution >= 4 is 50.2 Å². The minimum absolute atomic E-state index is 0.00206. The van der Waals surface area contributed by atoms with Gasteiger partial charge in [-0.1, -0.05) is 17.7 Å². The van der Waals surface area contributed by atoms with Crippen molar-refractivity contribution in [2.45, 2.75) is 18.7 Å². The largest absolute Gasteiger partial charge is 0.506 e. The Morgan fingerprint density at radius 3 is 2.50 bits per heavy atom. The summed E-state index contributed by atoms with van der Waals surface area (Å²) in [5.41, 5.74) is 0.782. The fraction of sp³-hybridized carbons (Fsp3) is 0.105. The molecule has 1 aromatic heterocycles. The normalized spacial score (nSPS) is 11.2. The van der Waals surface area contributed by atoms with Crippen molar-refractivity contribution in [3.8, 4) is 5.75 Å². The SMILES string of the molecule is Cc1cc(C(=O)Nc2cc(S(=O)(=O)Nc3cccc(Cl)c3)ccc2O)c(C)s1. The summed E-state index contributed by atoms with van der Waals surface area (Å²) in [5, 5.41) is 13.0. The van der Waals surface area contributed by atoms with Crippen LogP contribution in [0.4, 0.5) is 11.4 Å². The van der Waals surface area contributed by atoms with E-state index in [4.69, 9.17) is 11.6 Å². The van der Waals surface area contributed by atoms with Gasteiger partial charge in [-0.05, 0) is 56.3 Å². The lowest BCUT2D eigenvalue weighted by atomic mass is 10.2.